The first-order valence-electron chi connectivity index (χ1n) is 9.87. The van der Waals surface area contributed by atoms with Crippen LogP contribution in [0.3, 0.4) is 0 Å². The highest BCUT2D eigenvalue weighted by molar-refractivity contribution is 6.01. The van der Waals surface area contributed by atoms with E-state index in [-0.39, 0.29) is 17.6 Å². The van der Waals surface area contributed by atoms with Crippen LogP contribution in [0.25, 0.3) is 0 Å². The Balaban J connectivity index is 1.42. The molecule has 0 saturated carbocycles. The zero-order valence-corrected chi connectivity index (χ0v) is 17.8. The third-order valence-corrected chi connectivity index (χ3v) is 4.82. The molecule has 0 bridgehead atoms. The van der Waals surface area contributed by atoms with Crippen LogP contribution in [-0.2, 0) is 13.2 Å². The molecule has 0 radical (unpaired) electrons. The Morgan fingerprint density at radius 1 is 0.838 bits per heavy atom. The van der Waals surface area contributed by atoms with E-state index in [2.05, 4.69) is 15.2 Å². The average molecular weight is 535 g/mol. The van der Waals surface area contributed by atoms with Crippen LogP contribution in [0.1, 0.15) is 21.9 Å². The Morgan fingerprint density at radius 3 is 2.05 bits per heavy atom. The topological polar surface area (TPSA) is 69.3 Å². The van der Waals surface area contributed by atoms with Crippen molar-refractivity contribution >= 4 is 11.7 Å². The van der Waals surface area contributed by atoms with Crippen LogP contribution in [0.2, 0.25) is 0 Å². The normalized spacial score (nSPS) is 11.2. The number of aromatic nitrogens is 2. The van der Waals surface area contributed by atoms with Gasteiger partial charge in [0, 0.05) is 18.3 Å². The van der Waals surface area contributed by atoms with Gasteiger partial charge in [-0.2, -0.15) is 13.9 Å². The minimum atomic E-state index is -2.36. The van der Waals surface area contributed by atoms with Crippen LogP contribution in [0, 0.1) is 52.4 Å². The monoisotopic (exact) mass is 535 g/mol. The Hall–Kier alpha value is -4.43. The van der Waals surface area contributed by atoms with Gasteiger partial charge in [-0.3, -0.25) is 9.48 Å². The minimum absolute atomic E-state index is 0.0504. The summed E-state index contributed by atoms with van der Waals surface area (Å²) in [5.41, 5.74) is -0.942. The number of amides is 1. The van der Waals surface area contributed by atoms with Gasteiger partial charge in [0.05, 0.1) is 12.1 Å². The second kappa shape index (κ2) is 9.91. The van der Waals surface area contributed by atoms with E-state index >= 15 is 0 Å². The van der Waals surface area contributed by atoms with Crippen molar-refractivity contribution in [3.63, 3.8) is 0 Å². The van der Waals surface area contributed by atoms with Gasteiger partial charge in [-0.25, -0.2) is 30.7 Å². The molecule has 0 fully saturated rings. The molecule has 0 saturated heterocycles. The highest BCUT2D eigenvalue weighted by atomic mass is 19.2. The summed E-state index contributed by atoms with van der Waals surface area (Å²) in [6.45, 7) is -1.54. The molecule has 37 heavy (non-hydrogen) atoms. The molecule has 0 aliphatic carbocycles. The maximum Gasteiger partial charge on any atom is 0.292 e. The molecule has 2 heterocycles. The summed E-state index contributed by atoms with van der Waals surface area (Å²) < 4.78 is 132. The Kier molecular flexibility index (Phi) is 6.87. The lowest BCUT2D eigenvalue weighted by molar-refractivity contribution is 0.0991. The third-order valence-electron chi connectivity index (χ3n) is 4.82. The third kappa shape index (κ3) is 4.96. The van der Waals surface area contributed by atoms with Gasteiger partial charge < -0.3 is 14.5 Å². The quantitative estimate of drug-likeness (QED) is 0.190. The molecule has 0 atom stereocenters. The number of ether oxygens (including phenoxy) is 1. The van der Waals surface area contributed by atoms with E-state index in [1.54, 1.807) is 0 Å². The Bertz CT molecular complexity index is 1460. The SMILES string of the molecule is O=C(Nc1ccn(Cc2c(F)c(F)cc(F)c2F)n1)c1ccc(COc2c(F)c(F)c(F)c(F)c2F)o1. The van der Waals surface area contributed by atoms with Crippen molar-refractivity contribution in [2.24, 2.45) is 0 Å². The second-order valence-electron chi connectivity index (χ2n) is 7.25. The molecule has 194 valence electrons. The molecule has 2 aromatic carbocycles. The van der Waals surface area contributed by atoms with Crippen LogP contribution in [0.4, 0.5) is 45.3 Å². The van der Waals surface area contributed by atoms with Crippen molar-refractivity contribution in [3.8, 4) is 5.75 Å². The zero-order valence-electron chi connectivity index (χ0n) is 17.8. The average Bonchev–Trinajstić information content (AvgIpc) is 3.52. The first-order chi connectivity index (χ1) is 17.5. The molecule has 1 N–H and O–H groups in total. The molecule has 0 aliphatic rings. The van der Waals surface area contributed by atoms with Crippen molar-refractivity contribution in [1.82, 2.24) is 9.78 Å². The van der Waals surface area contributed by atoms with Gasteiger partial charge in [-0.1, -0.05) is 0 Å². The highest BCUT2D eigenvalue weighted by Gasteiger charge is 2.27. The zero-order chi connectivity index (χ0) is 27.0. The number of hydrogen-bond acceptors (Lipinski definition) is 4. The van der Waals surface area contributed by atoms with Crippen molar-refractivity contribution in [1.29, 1.82) is 0 Å². The van der Waals surface area contributed by atoms with Crippen LogP contribution in [0.5, 0.6) is 5.75 Å². The number of hydrogen-bond donors (Lipinski definition) is 1. The van der Waals surface area contributed by atoms with Crippen LogP contribution >= 0.6 is 0 Å². The highest BCUT2D eigenvalue weighted by Crippen LogP contribution is 2.30. The lowest BCUT2D eigenvalue weighted by atomic mass is 10.2. The maximum absolute atomic E-state index is 13.8. The number of carbonyl (C=O) groups excluding carboxylic acids is 1. The predicted molar refractivity (Wildman–Crippen MR) is 105 cm³/mol. The van der Waals surface area contributed by atoms with Crippen molar-refractivity contribution in [3.05, 3.63) is 99.9 Å². The smallest absolute Gasteiger partial charge is 0.292 e. The molecule has 2 aromatic heterocycles. The van der Waals surface area contributed by atoms with E-state index in [0.29, 0.717) is 0 Å². The van der Waals surface area contributed by atoms with E-state index in [1.807, 2.05) is 0 Å². The largest absolute Gasteiger partial charge is 0.479 e. The standard InChI is InChI=1S/C22H10F9N3O3/c23-10-5-11(24)15(26)9(14(10)25)6-34-4-3-13(33-34)32-22(35)12-2-1-8(37-12)7-36-21-19(30)17(28)16(27)18(29)20(21)31/h1-5H,6-7H2,(H,32,33,35). The summed E-state index contributed by atoms with van der Waals surface area (Å²) in [7, 11) is 0. The van der Waals surface area contributed by atoms with Gasteiger partial charge in [-0.05, 0) is 12.1 Å². The first kappa shape index (κ1) is 25.7. The lowest BCUT2D eigenvalue weighted by Crippen LogP contribution is -2.13. The summed E-state index contributed by atoms with van der Waals surface area (Å²) in [6, 6.07) is 3.43. The molecular formula is C22H10F9N3O3. The number of halogens is 9. The number of nitrogens with one attached hydrogen (secondary N) is 1. The molecule has 15 heteroatoms. The van der Waals surface area contributed by atoms with Crippen LogP contribution < -0.4 is 10.1 Å². The van der Waals surface area contributed by atoms with Gasteiger partial charge in [0.25, 0.3) is 5.91 Å². The summed E-state index contributed by atoms with van der Waals surface area (Å²) in [6.07, 6.45) is 1.14. The Labute approximate surface area is 199 Å². The minimum Gasteiger partial charge on any atom is -0.479 e. The molecule has 0 spiro atoms. The van der Waals surface area contributed by atoms with Crippen molar-refractivity contribution in [2.75, 3.05) is 5.32 Å². The van der Waals surface area contributed by atoms with Gasteiger partial charge in [-0.15, -0.1) is 0 Å². The summed E-state index contributed by atoms with van der Waals surface area (Å²) >= 11 is 0. The lowest BCUT2D eigenvalue weighted by Gasteiger charge is -2.09. The molecule has 4 aromatic rings. The maximum atomic E-state index is 13.8. The van der Waals surface area contributed by atoms with Crippen LogP contribution in [0.15, 0.2) is 34.9 Å². The van der Waals surface area contributed by atoms with Crippen molar-refractivity contribution in [2.45, 2.75) is 13.2 Å². The molecule has 6 nitrogen and oxygen atoms in total. The van der Waals surface area contributed by atoms with Gasteiger partial charge in [0.2, 0.25) is 29.1 Å². The summed E-state index contributed by atoms with van der Waals surface area (Å²) in [5, 5.41) is 6.03. The summed E-state index contributed by atoms with van der Waals surface area (Å²) in [5.74, 6) is -20.9. The number of furan rings is 1. The summed E-state index contributed by atoms with van der Waals surface area (Å²) in [4.78, 5) is 12.3. The van der Waals surface area contributed by atoms with E-state index in [4.69, 9.17) is 4.42 Å². The fourth-order valence-electron chi connectivity index (χ4n) is 3.05. The number of carbonyl (C=O) groups is 1. The number of rotatable bonds is 7. The van der Waals surface area contributed by atoms with E-state index in [0.717, 1.165) is 23.0 Å². The molecule has 0 unspecified atom stereocenters. The van der Waals surface area contributed by atoms with Gasteiger partial charge >= 0.3 is 0 Å². The van der Waals surface area contributed by atoms with Gasteiger partial charge in [0.1, 0.15) is 12.4 Å². The van der Waals surface area contributed by atoms with Gasteiger partial charge in [0.15, 0.2) is 40.6 Å². The second-order valence-corrected chi connectivity index (χ2v) is 7.25. The first-order valence-corrected chi connectivity index (χ1v) is 9.87. The molecule has 0 aliphatic heterocycles. The fourth-order valence-corrected chi connectivity index (χ4v) is 3.05. The number of benzene rings is 2. The molecular weight excluding hydrogens is 525 g/mol. The number of anilines is 1. The van der Waals surface area contributed by atoms with Crippen molar-refractivity contribution < 1.29 is 53.5 Å². The van der Waals surface area contributed by atoms with Crippen LogP contribution in [-0.4, -0.2) is 15.7 Å². The van der Waals surface area contributed by atoms with E-state index in [1.165, 1.54) is 6.07 Å². The fraction of sp³-hybridized carbons (Fsp3) is 0.0909. The molecule has 4 rings (SSSR count). The Morgan fingerprint density at radius 2 is 1.43 bits per heavy atom. The van der Waals surface area contributed by atoms with E-state index in [9.17, 15) is 44.3 Å². The number of nitrogens with zero attached hydrogens (tertiary/aromatic N) is 2. The predicted octanol–water partition coefficient (Wildman–Crippen LogP) is 5.61. The molecule has 1 amide bonds. The van der Waals surface area contributed by atoms with E-state index < -0.39 is 88.5 Å².